The Morgan fingerprint density at radius 3 is 2.56 bits per heavy atom. The number of nitrogens with zero attached hydrogens (tertiary/aromatic N) is 1. The molecule has 1 aromatic rings. The van der Waals surface area contributed by atoms with Crippen LogP contribution in [0.15, 0.2) is 16.7 Å². The third-order valence-corrected chi connectivity index (χ3v) is 3.00. The second-order valence-electron chi connectivity index (χ2n) is 2.98. The number of aldehydes is 1. The highest BCUT2D eigenvalue weighted by Gasteiger charge is 2.36. The Hall–Kier alpha value is -0.430. The highest BCUT2D eigenvalue weighted by atomic mass is 79.9. The first-order chi connectivity index (χ1) is 7.40. The number of hydrogen-bond donors (Lipinski definition) is 0. The molecule has 1 heterocycles. The summed E-state index contributed by atoms with van der Waals surface area (Å²) in [7, 11) is 0. The molecule has 0 radical (unpaired) electrons. The summed E-state index contributed by atoms with van der Waals surface area (Å²) >= 11 is 5.90. The van der Waals surface area contributed by atoms with E-state index in [1.165, 1.54) is 6.20 Å². The van der Waals surface area contributed by atoms with Gasteiger partial charge in [0.05, 0.1) is 17.2 Å². The minimum absolute atomic E-state index is 0.105. The fraction of sp³-hybridized carbons (Fsp3) is 0.333. The first-order valence-corrected chi connectivity index (χ1v) is 6.05. The lowest BCUT2D eigenvalue weighted by Crippen LogP contribution is -2.15. The van der Waals surface area contributed by atoms with E-state index in [4.69, 9.17) is 0 Å². The van der Waals surface area contributed by atoms with E-state index in [-0.39, 0.29) is 15.5 Å². The van der Waals surface area contributed by atoms with Crippen molar-refractivity contribution in [3.63, 3.8) is 0 Å². The summed E-state index contributed by atoms with van der Waals surface area (Å²) in [6.07, 6.45) is -2.83. The Kier molecular flexibility index (Phi) is 4.49. The number of pyridine rings is 1. The number of halogens is 5. The molecular weight excluding hydrogens is 355 g/mol. The molecule has 2 nitrogen and oxygen atoms in total. The number of rotatable bonds is 3. The quantitative estimate of drug-likeness (QED) is 0.609. The van der Waals surface area contributed by atoms with Gasteiger partial charge in [-0.3, -0.25) is 4.98 Å². The molecule has 0 spiro atoms. The van der Waals surface area contributed by atoms with Gasteiger partial charge in [-0.05, 0) is 22.0 Å². The van der Waals surface area contributed by atoms with Gasteiger partial charge in [0.15, 0.2) is 0 Å². The van der Waals surface area contributed by atoms with Crippen molar-refractivity contribution in [2.24, 2.45) is 0 Å². The van der Waals surface area contributed by atoms with Crippen LogP contribution in [0.25, 0.3) is 0 Å². The van der Waals surface area contributed by atoms with E-state index in [0.717, 1.165) is 6.07 Å². The number of alkyl halides is 4. The summed E-state index contributed by atoms with van der Waals surface area (Å²) in [6.45, 7) is 0. The molecule has 0 bridgehead atoms. The maximum Gasteiger partial charge on any atom is 0.418 e. The zero-order chi connectivity index (χ0) is 12.3. The summed E-state index contributed by atoms with van der Waals surface area (Å²) in [5, 5.41) is 0.105. The fourth-order valence-corrected chi connectivity index (χ4v) is 1.94. The standard InChI is InChI=1S/C9H6Br2F3NO/c10-2-5(4-16)8-7(9(12,13)14)1-6(11)3-15-8/h1,3-5H,2H2. The van der Waals surface area contributed by atoms with Crippen LogP contribution in [0.1, 0.15) is 17.2 Å². The predicted octanol–water partition coefficient (Wildman–Crippen LogP) is 3.54. The molecular formula is C9H6Br2F3NO. The van der Waals surface area contributed by atoms with Crippen LogP contribution in [-0.4, -0.2) is 16.6 Å². The molecule has 0 aromatic carbocycles. The van der Waals surface area contributed by atoms with E-state index >= 15 is 0 Å². The highest BCUT2D eigenvalue weighted by Crippen LogP contribution is 2.35. The van der Waals surface area contributed by atoms with Crippen molar-refractivity contribution in [1.82, 2.24) is 4.98 Å². The Morgan fingerprint density at radius 2 is 2.12 bits per heavy atom. The van der Waals surface area contributed by atoms with Gasteiger partial charge in [-0.1, -0.05) is 15.9 Å². The first-order valence-electron chi connectivity index (χ1n) is 4.14. The lowest BCUT2D eigenvalue weighted by atomic mass is 10.0. The molecule has 0 saturated carbocycles. The summed E-state index contributed by atoms with van der Waals surface area (Å²) in [6, 6.07) is 0.918. The van der Waals surface area contributed by atoms with Gasteiger partial charge in [0.25, 0.3) is 0 Å². The van der Waals surface area contributed by atoms with Crippen molar-refractivity contribution < 1.29 is 18.0 Å². The Balaban J connectivity index is 3.33. The van der Waals surface area contributed by atoms with Gasteiger partial charge in [-0.25, -0.2) is 0 Å². The second-order valence-corrected chi connectivity index (χ2v) is 4.54. The van der Waals surface area contributed by atoms with E-state index in [1.54, 1.807) is 0 Å². The molecule has 0 fully saturated rings. The summed E-state index contributed by atoms with van der Waals surface area (Å²) in [5.74, 6) is -0.898. The Labute approximate surface area is 107 Å². The maximum atomic E-state index is 12.7. The zero-order valence-corrected chi connectivity index (χ0v) is 10.9. The first kappa shape index (κ1) is 13.6. The summed E-state index contributed by atoms with van der Waals surface area (Å²) in [5.41, 5.74) is -1.15. The van der Waals surface area contributed by atoms with Crippen LogP contribution in [0, 0.1) is 0 Å². The molecule has 0 amide bonds. The molecule has 1 aromatic heterocycles. The molecule has 0 aliphatic carbocycles. The van der Waals surface area contributed by atoms with Gasteiger partial charge < -0.3 is 4.79 Å². The minimum atomic E-state index is -4.52. The lowest BCUT2D eigenvalue weighted by Gasteiger charge is -2.14. The molecule has 1 atom stereocenters. The van der Waals surface area contributed by atoms with Crippen molar-refractivity contribution in [3.8, 4) is 0 Å². The van der Waals surface area contributed by atoms with Crippen molar-refractivity contribution in [3.05, 3.63) is 28.0 Å². The van der Waals surface area contributed by atoms with Gasteiger partial charge in [-0.15, -0.1) is 0 Å². The van der Waals surface area contributed by atoms with E-state index in [2.05, 4.69) is 36.8 Å². The SMILES string of the molecule is O=CC(CBr)c1ncc(Br)cc1C(F)(F)F. The molecule has 16 heavy (non-hydrogen) atoms. The average molecular weight is 361 g/mol. The monoisotopic (exact) mass is 359 g/mol. The Morgan fingerprint density at radius 1 is 1.50 bits per heavy atom. The predicted molar refractivity (Wildman–Crippen MR) is 59.5 cm³/mol. The minimum Gasteiger partial charge on any atom is -0.303 e. The fourth-order valence-electron chi connectivity index (χ4n) is 1.15. The number of hydrogen-bond acceptors (Lipinski definition) is 2. The highest BCUT2D eigenvalue weighted by molar-refractivity contribution is 9.10. The van der Waals surface area contributed by atoms with Crippen molar-refractivity contribution in [2.75, 3.05) is 5.33 Å². The van der Waals surface area contributed by atoms with Crippen molar-refractivity contribution in [1.29, 1.82) is 0 Å². The third-order valence-electron chi connectivity index (χ3n) is 1.87. The van der Waals surface area contributed by atoms with E-state index < -0.39 is 17.7 Å². The van der Waals surface area contributed by atoms with Gasteiger partial charge in [0.2, 0.25) is 0 Å². The van der Waals surface area contributed by atoms with Crippen LogP contribution in [0.2, 0.25) is 0 Å². The molecule has 0 aliphatic heterocycles. The van der Waals surface area contributed by atoms with E-state index in [1.807, 2.05) is 0 Å². The zero-order valence-electron chi connectivity index (χ0n) is 7.76. The van der Waals surface area contributed by atoms with E-state index in [9.17, 15) is 18.0 Å². The number of carbonyl (C=O) groups excluding carboxylic acids is 1. The number of aromatic nitrogens is 1. The van der Waals surface area contributed by atoms with Gasteiger partial charge in [0, 0.05) is 16.0 Å². The molecule has 1 unspecified atom stereocenters. The van der Waals surface area contributed by atoms with E-state index in [0.29, 0.717) is 6.29 Å². The number of carbonyl (C=O) groups is 1. The molecule has 0 N–H and O–H groups in total. The summed E-state index contributed by atoms with van der Waals surface area (Å²) < 4.78 is 38.2. The van der Waals surface area contributed by atoms with Crippen LogP contribution in [-0.2, 0) is 11.0 Å². The van der Waals surface area contributed by atoms with Crippen LogP contribution >= 0.6 is 31.9 Å². The van der Waals surface area contributed by atoms with Crippen LogP contribution in [0.4, 0.5) is 13.2 Å². The van der Waals surface area contributed by atoms with Gasteiger partial charge in [-0.2, -0.15) is 13.2 Å². The molecule has 0 aliphatic rings. The molecule has 88 valence electrons. The second kappa shape index (κ2) is 5.27. The van der Waals surface area contributed by atoms with Gasteiger partial charge in [0.1, 0.15) is 6.29 Å². The third kappa shape index (κ3) is 3.04. The maximum absolute atomic E-state index is 12.7. The molecule has 0 saturated heterocycles. The molecule has 7 heteroatoms. The summed E-state index contributed by atoms with van der Waals surface area (Å²) in [4.78, 5) is 14.3. The van der Waals surface area contributed by atoms with Crippen molar-refractivity contribution >= 4 is 38.1 Å². The van der Waals surface area contributed by atoms with Crippen molar-refractivity contribution in [2.45, 2.75) is 12.1 Å². The van der Waals surface area contributed by atoms with Crippen LogP contribution < -0.4 is 0 Å². The van der Waals surface area contributed by atoms with Crippen LogP contribution in [0.5, 0.6) is 0 Å². The normalized spacial score (nSPS) is 13.6. The molecule has 1 rings (SSSR count). The average Bonchev–Trinajstić information content (AvgIpc) is 2.20. The van der Waals surface area contributed by atoms with Gasteiger partial charge >= 0.3 is 6.18 Å². The van der Waals surface area contributed by atoms with Crippen LogP contribution in [0.3, 0.4) is 0 Å². The Bertz CT molecular complexity index is 395. The topological polar surface area (TPSA) is 30.0 Å². The lowest BCUT2D eigenvalue weighted by molar-refractivity contribution is -0.138. The smallest absolute Gasteiger partial charge is 0.303 e. The largest absolute Gasteiger partial charge is 0.418 e.